The largest absolute Gasteiger partial charge is 0.353 e. The highest BCUT2D eigenvalue weighted by Gasteiger charge is 2.30. The van der Waals surface area contributed by atoms with Crippen molar-refractivity contribution in [2.45, 2.75) is 51.1 Å². The molecule has 0 aromatic rings. The number of nitrogens with one attached hydrogen (secondary N) is 1. The van der Waals surface area contributed by atoms with Crippen LogP contribution in [0.2, 0.25) is 0 Å². The fraction of sp³-hybridized carbons (Fsp3) is 0.923. The molecule has 0 aromatic heterocycles. The van der Waals surface area contributed by atoms with Crippen molar-refractivity contribution in [1.29, 1.82) is 0 Å². The first kappa shape index (κ1) is 12.8. The third-order valence-corrected chi connectivity index (χ3v) is 4.05. The monoisotopic (exact) mass is 239 g/mol. The molecule has 98 valence electrons. The molecule has 2 aliphatic rings. The molecule has 1 heterocycles. The van der Waals surface area contributed by atoms with Gasteiger partial charge in [0.15, 0.2) is 0 Å². The lowest BCUT2D eigenvalue weighted by molar-refractivity contribution is -0.122. The first-order chi connectivity index (χ1) is 8.19. The standard InChI is InChI=1S/C13H25N3O/c1-2-16-7-5-11(6-8-16)15-13(17)9-12(14)10-3-4-10/h10-12H,2-9,14H2,1H3,(H,15,17). The second-order valence-corrected chi connectivity index (χ2v) is 5.48. The van der Waals surface area contributed by atoms with Gasteiger partial charge in [-0.2, -0.15) is 0 Å². The number of nitrogens with two attached hydrogens (primary N) is 1. The summed E-state index contributed by atoms with van der Waals surface area (Å²) in [5, 5.41) is 3.13. The molecule has 4 heteroatoms. The van der Waals surface area contributed by atoms with E-state index in [9.17, 15) is 4.79 Å². The van der Waals surface area contributed by atoms with Crippen molar-refractivity contribution in [2.24, 2.45) is 11.7 Å². The third-order valence-electron chi connectivity index (χ3n) is 4.05. The van der Waals surface area contributed by atoms with Crippen LogP contribution in [0.15, 0.2) is 0 Å². The molecule has 0 bridgehead atoms. The average molecular weight is 239 g/mol. The predicted molar refractivity (Wildman–Crippen MR) is 68.6 cm³/mol. The van der Waals surface area contributed by atoms with Crippen molar-refractivity contribution in [3.05, 3.63) is 0 Å². The number of hydrogen-bond donors (Lipinski definition) is 2. The Morgan fingerprint density at radius 2 is 2.00 bits per heavy atom. The molecular formula is C13H25N3O. The minimum atomic E-state index is 0.0886. The van der Waals surface area contributed by atoms with Gasteiger partial charge in [0, 0.05) is 31.6 Å². The van der Waals surface area contributed by atoms with Crippen molar-refractivity contribution in [2.75, 3.05) is 19.6 Å². The Kier molecular flexibility index (Phi) is 4.40. The second kappa shape index (κ2) is 5.83. The summed E-state index contributed by atoms with van der Waals surface area (Å²) >= 11 is 0. The van der Waals surface area contributed by atoms with Crippen LogP contribution >= 0.6 is 0 Å². The van der Waals surface area contributed by atoms with Crippen molar-refractivity contribution in [1.82, 2.24) is 10.2 Å². The van der Waals surface area contributed by atoms with Gasteiger partial charge in [0.1, 0.15) is 0 Å². The number of rotatable bonds is 5. The molecule has 17 heavy (non-hydrogen) atoms. The molecule has 1 saturated carbocycles. The van der Waals surface area contributed by atoms with E-state index < -0.39 is 0 Å². The first-order valence-corrected chi connectivity index (χ1v) is 6.96. The van der Waals surface area contributed by atoms with Crippen molar-refractivity contribution in [3.8, 4) is 0 Å². The zero-order valence-corrected chi connectivity index (χ0v) is 10.8. The maximum Gasteiger partial charge on any atom is 0.221 e. The molecule has 4 nitrogen and oxygen atoms in total. The molecule has 3 N–H and O–H groups in total. The van der Waals surface area contributed by atoms with E-state index in [0.29, 0.717) is 18.4 Å². The van der Waals surface area contributed by atoms with Gasteiger partial charge in [-0.15, -0.1) is 0 Å². The van der Waals surface area contributed by atoms with Crippen LogP contribution in [0, 0.1) is 5.92 Å². The topological polar surface area (TPSA) is 58.4 Å². The van der Waals surface area contributed by atoms with Crippen LogP contribution in [0.1, 0.15) is 39.0 Å². The van der Waals surface area contributed by atoms with E-state index in [-0.39, 0.29) is 11.9 Å². The van der Waals surface area contributed by atoms with Crippen molar-refractivity contribution in [3.63, 3.8) is 0 Å². The van der Waals surface area contributed by atoms with Crippen LogP contribution in [0.5, 0.6) is 0 Å². The lowest BCUT2D eigenvalue weighted by Crippen LogP contribution is -2.45. The summed E-state index contributed by atoms with van der Waals surface area (Å²) in [7, 11) is 0. The van der Waals surface area contributed by atoms with Gasteiger partial charge in [-0.25, -0.2) is 0 Å². The first-order valence-electron chi connectivity index (χ1n) is 6.96. The Bertz CT molecular complexity index is 257. The molecule has 2 fully saturated rings. The Hall–Kier alpha value is -0.610. The molecule has 1 unspecified atom stereocenters. The number of likely N-dealkylation sites (tertiary alicyclic amines) is 1. The Balaban J connectivity index is 1.64. The second-order valence-electron chi connectivity index (χ2n) is 5.48. The maximum absolute atomic E-state index is 11.8. The van der Waals surface area contributed by atoms with Crippen LogP contribution in [0.4, 0.5) is 0 Å². The summed E-state index contributed by atoms with van der Waals surface area (Å²) in [6.07, 6.45) is 5.10. The summed E-state index contributed by atoms with van der Waals surface area (Å²) in [5.74, 6) is 0.766. The van der Waals surface area contributed by atoms with E-state index in [1.807, 2.05) is 0 Å². The smallest absolute Gasteiger partial charge is 0.221 e. The highest BCUT2D eigenvalue weighted by atomic mass is 16.1. The van der Waals surface area contributed by atoms with Gasteiger partial charge in [0.2, 0.25) is 5.91 Å². The maximum atomic E-state index is 11.8. The number of nitrogens with zero attached hydrogens (tertiary/aromatic N) is 1. The van der Waals surface area contributed by atoms with E-state index in [2.05, 4.69) is 17.1 Å². The molecule has 1 saturated heterocycles. The fourth-order valence-corrected chi connectivity index (χ4v) is 2.59. The zero-order valence-electron chi connectivity index (χ0n) is 10.8. The van der Waals surface area contributed by atoms with Gasteiger partial charge >= 0.3 is 0 Å². The molecule has 1 aliphatic heterocycles. The van der Waals surface area contributed by atoms with Gasteiger partial charge in [-0.05, 0) is 38.1 Å². The highest BCUT2D eigenvalue weighted by Crippen LogP contribution is 2.32. The van der Waals surface area contributed by atoms with E-state index >= 15 is 0 Å². The number of carbonyl (C=O) groups excluding carboxylic acids is 1. The van der Waals surface area contributed by atoms with Crippen LogP contribution < -0.4 is 11.1 Å². The van der Waals surface area contributed by atoms with Crippen LogP contribution in [0.3, 0.4) is 0 Å². The molecule has 0 aromatic carbocycles. The van der Waals surface area contributed by atoms with E-state index in [1.54, 1.807) is 0 Å². The van der Waals surface area contributed by atoms with Gasteiger partial charge < -0.3 is 16.0 Å². The summed E-state index contributed by atoms with van der Waals surface area (Å²) in [5.41, 5.74) is 5.96. The van der Waals surface area contributed by atoms with E-state index in [1.165, 1.54) is 12.8 Å². The highest BCUT2D eigenvalue weighted by molar-refractivity contribution is 5.77. The predicted octanol–water partition coefficient (Wildman–Crippen LogP) is 0.714. The minimum Gasteiger partial charge on any atom is -0.353 e. The molecule has 0 spiro atoms. The molecule has 0 radical (unpaired) electrons. The normalized spacial score (nSPS) is 24.6. The van der Waals surface area contributed by atoms with Gasteiger partial charge in [-0.1, -0.05) is 6.92 Å². The number of piperidine rings is 1. The quantitative estimate of drug-likeness (QED) is 0.743. The Morgan fingerprint density at radius 3 is 2.53 bits per heavy atom. The van der Waals surface area contributed by atoms with Crippen molar-refractivity contribution < 1.29 is 4.79 Å². The molecule has 1 aliphatic carbocycles. The van der Waals surface area contributed by atoms with Crippen molar-refractivity contribution >= 4 is 5.91 Å². The van der Waals surface area contributed by atoms with Gasteiger partial charge in [0.05, 0.1) is 0 Å². The molecule has 1 atom stereocenters. The third kappa shape index (κ3) is 3.96. The average Bonchev–Trinajstić information content (AvgIpc) is 3.13. The van der Waals surface area contributed by atoms with Gasteiger partial charge in [-0.3, -0.25) is 4.79 Å². The summed E-state index contributed by atoms with van der Waals surface area (Å²) in [6, 6.07) is 0.461. The number of hydrogen-bond acceptors (Lipinski definition) is 3. The molecular weight excluding hydrogens is 214 g/mol. The van der Waals surface area contributed by atoms with E-state index in [4.69, 9.17) is 5.73 Å². The SMILES string of the molecule is CCN1CCC(NC(=O)CC(N)C2CC2)CC1. The summed E-state index contributed by atoms with van der Waals surface area (Å²) in [6.45, 7) is 5.52. The lowest BCUT2D eigenvalue weighted by atomic mass is 10.0. The lowest BCUT2D eigenvalue weighted by Gasteiger charge is -2.31. The van der Waals surface area contributed by atoms with Gasteiger partial charge in [0.25, 0.3) is 0 Å². The summed E-state index contributed by atoms with van der Waals surface area (Å²) < 4.78 is 0. The zero-order chi connectivity index (χ0) is 12.3. The summed E-state index contributed by atoms with van der Waals surface area (Å²) in [4.78, 5) is 14.2. The number of amides is 1. The van der Waals surface area contributed by atoms with E-state index in [0.717, 1.165) is 32.5 Å². The molecule has 1 amide bonds. The van der Waals surface area contributed by atoms with Crippen LogP contribution in [-0.4, -0.2) is 42.5 Å². The Morgan fingerprint density at radius 1 is 1.35 bits per heavy atom. The molecule has 2 rings (SSSR count). The van der Waals surface area contributed by atoms with Crippen LogP contribution in [-0.2, 0) is 4.79 Å². The minimum absolute atomic E-state index is 0.0886. The number of carbonyl (C=O) groups is 1. The van der Waals surface area contributed by atoms with Crippen LogP contribution in [0.25, 0.3) is 0 Å². The Labute approximate surface area is 104 Å². The fourth-order valence-electron chi connectivity index (χ4n) is 2.59.